The lowest BCUT2D eigenvalue weighted by atomic mass is 9.94. The van der Waals surface area contributed by atoms with E-state index in [9.17, 15) is 9.59 Å². The molecule has 1 aromatic carbocycles. The predicted octanol–water partition coefficient (Wildman–Crippen LogP) is 2.37. The Morgan fingerprint density at radius 1 is 1.30 bits per heavy atom. The van der Waals surface area contributed by atoms with Crippen molar-refractivity contribution in [1.29, 1.82) is 0 Å². The number of benzene rings is 1. The molecule has 0 aliphatic carbocycles. The molecule has 1 fully saturated rings. The third kappa shape index (κ3) is 4.59. The topological polar surface area (TPSA) is 88.1 Å². The summed E-state index contributed by atoms with van der Waals surface area (Å²) in [6.07, 6.45) is 2.39. The van der Waals surface area contributed by atoms with Gasteiger partial charge in [0.05, 0.1) is 6.04 Å². The zero-order valence-electron chi connectivity index (χ0n) is 15.9. The highest BCUT2D eigenvalue weighted by atomic mass is 16.5. The number of hydrogen-bond acceptors (Lipinski definition) is 5. The molecule has 148 valence electrons. The second-order valence-corrected chi connectivity index (χ2v) is 7.67. The van der Waals surface area contributed by atoms with E-state index in [1.54, 1.807) is 23.7 Å². The zero-order chi connectivity index (χ0) is 19.4. The molecule has 0 unspecified atom stereocenters. The van der Waals surface area contributed by atoms with Crippen LogP contribution < -0.4 is 10.2 Å². The minimum atomic E-state index is -0.585. The van der Waals surface area contributed by atoms with Crippen LogP contribution in [-0.2, 0) is 16.1 Å². The Morgan fingerprint density at radius 2 is 2.04 bits per heavy atom. The molecule has 2 aliphatic rings. The molecule has 0 radical (unpaired) electrons. The Morgan fingerprint density at radius 3 is 2.70 bits per heavy atom. The molecular weight excluding hydrogens is 348 g/mol. The summed E-state index contributed by atoms with van der Waals surface area (Å²) in [7, 11) is 0. The van der Waals surface area contributed by atoms with Gasteiger partial charge in [-0.3, -0.25) is 14.8 Å². The highest BCUT2D eigenvalue weighted by Crippen LogP contribution is 2.30. The summed E-state index contributed by atoms with van der Waals surface area (Å²) >= 11 is 0. The van der Waals surface area contributed by atoms with Crippen LogP contribution in [-0.4, -0.2) is 47.8 Å². The zero-order valence-corrected chi connectivity index (χ0v) is 15.9. The monoisotopic (exact) mass is 376 g/mol. The van der Waals surface area contributed by atoms with Crippen LogP contribution in [0.4, 0.5) is 0 Å². The summed E-state index contributed by atoms with van der Waals surface area (Å²) in [5, 5.41) is 8.83. The number of hydroxylamine groups is 1. The van der Waals surface area contributed by atoms with Crippen molar-refractivity contribution in [1.82, 2.24) is 10.4 Å². The lowest BCUT2D eigenvalue weighted by Gasteiger charge is -2.33. The third-order valence-electron chi connectivity index (χ3n) is 5.48. The number of nitrogens with zero attached hydrogens (tertiary/aromatic N) is 1. The van der Waals surface area contributed by atoms with Gasteiger partial charge < -0.3 is 14.4 Å². The highest BCUT2D eigenvalue weighted by molar-refractivity contribution is 5.93. The van der Waals surface area contributed by atoms with E-state index in [0.29, 0.717) is 36.8 Å². The maximum atomic E-state index is 13.1. The lowest BCUT2D eigenvalue weighted by molar-refractivity contribution is -0.137. The molecule has 1 saturated heterocycles. The second kappa shape index (κ2) is 8.71. The molecule has 7 heteroatoms. The molecule has 0 spiro atoms. The van der Waals surface area contributed by atoms with E-state index in [1.165, 1.54) is 0 Å². The molecule has 1 aromatic rings. The molecule has 2 N–H and O–H groups in total. The Kier molecular flexibility index (Phi) is 6.34. The summed E-state index contributed by atoms with van der Waals surface area (Å²) in [5.74, 6) is 0.771. The van der Waals surface area contributed by atoms with E-state index in [4.69, 9.17) is 14.7 Å². The van der Waals surface area contributed by atoms with E-state index in [2.05, 4.69) is 13.8 Å². The molecule has 27 heavy (non-hydrogen) atoms. The van der Waals surface area contributed by atoms with E-state index in [-0.39, 0.29) is 17.9 Å². The fourth-order valence-electron chi connectivity index (χ4n) is 3.73. The van der Waals surface area contributed by atoms with Crippen LogP contribution in [0.15, 0.2) is 18.2 Å². The fraction of sp³-hybridized carbons (Fsp3) is 0.600. The highest BCUT2D eigenvalue weighted by Gasteiger charge is 2.32. The van der Waals surface area contributed by atoms with Gasteiger partial charge in [-0.25, -0.2) is 5.48 Å². The van der Waals surface area contributed by atoms with Gasteiger partial charge >= 0.3 is 0 Å². The Balaban J connectivity index is 1.80. The van der Waals surface area contributed by atoms with Crippen molar-refractivity contribution in [2.24, 2.45) is 11.8 Å². The number of nitrogens with one attached hydrogen (secondary N) is 1. The normalized spacial score (nSPS) is 20.6. The second-order valence-electron chi connectivity index (χ2n) is 7.67. The molecule has 2 aliphatic heterocycles. The van der Waals surface area contributed by atoms with Crippen molar-refractivity contribution in [3.63, 3.8) is 0 Å². The summed E-state index contributed by atoms with van der Waals surface area (Å²) < 4.78 is 11.3. The number of carbonyl (C=O) groups excluding carboxylic acids is 2. The quantitative estimate of drug-likeness (QED) is 0.622. The lowest BCUT2D eigenvalue weighted by Crippen LogP contribution is -2.45. The molecule has 3 rings (SSSR count). The summed E-state index contributed by atoms with van der Waals surface area (Å²) in [4.78, 5) is 26.7. The maximum Gasteiger partial charge on any atom is 0.274 e. The largest absolute Gasteiger partial charge is 0.491 e. The number of hydrogen-bond donors (Lipinski definition) is 2. The average molecular weight is 376 g/mol. The van der Waals surface area contributed by atoms with Gasteiger partial charge in [-0.2, -0.15) is 0 Å². The van der Waals surface area contributed by atoms with Gasteiger partial charge in [0.1, 0.15) is 12.4 Å². The molecular formula is C20H28N2O5. The van der Waals surface area contributed by atoms with Gasteiger partial charge in [-0.15, -0.1) is 0 Å². The third-order valence-corrected chi connectivity index (χ3v) is 5.48. The van der Waals surface area contributed by atoms with Gasteiger partial charge in [0.2, 0.25) is 5.91 Å². The van der Waals surface area contributed by atoms with Crippen molar-refractivity contribution < 1.29 is 24.3 Å². The van der Waals surface area contributed by atoms with Gasteiger partial charge in [0.15, 0.2) is 0 Å². The van der Waals surface area contributed by atoms with Crippen LogP contribution in [0.1, 0.15) is 49.0 Å². The average Bonchev–Trinajstić information content (AvgIpc) is 2.87. The first-order valence-electron chi connectivity index (χ1n) is 9.57. The van der Waals surface area contributed by atoms with Crippen LogP contribution in [0.25, 0.3) is 0 Å². The first kappa shape index (κ1) is 19.6. The van der Waals surface area contributed by atoms with Crippen molar-refractivity contribution in [3.05, 3.63) is 29.3 Å². The van der Waals surface area contributed by atoms with Gasteiger partial charge in [0.25, 0.3) is 5.91 Å². The first-order chi connectivity index (χ1) is 13.0. The van der Waals surface area contributed by atoms with E-state index in [0.717, 1.165) is 31.6 Å². The van der Waals surface area contributed by atoms with E-state index >= 15 is 0 Å². The number of fused-ring (bicyclic) bond motifs is 1. The van der Waals surface area contributed by atoms with Crippen LogP contribution in [0.2, 0.25) is 0 Å². The number of ether oxygens (including phenoxy) is 2. The molecule has 7 nitrogen and oxygen atoms in total. The first-order valence-corrected chi connectivity index (χ1v) is 9.57. The maximum absolute atomic E-state index is 13.1. The summed E-state index contributed by atoms with van der Waals surface area (Å²) in [6.45, 7) is 6.47. The van der Waals surface area contributed by atoms with Crippen molar-refractivity contribution in [3.8, 4) is 5.75 Å². The van der Waals surface area contributed by atoms with Crippen molar-refractivity contribution >= 4 is 11.8 Å². The van der Waals surface area contributed by atoms with Gasteiger partial charge in [-0.1, -0.05) is 19.9 Å². The molecule has 0 saturated carbocycles. The van der Waals surface area contributed by atoms with Crippen LogP contribution >= 0.6 is 0 Å². The minimum absolute atomic E-state index is 0.0279. The number of rotatable bonds is 4. The molecule has 1 atom stereocenters. The summed E-state index contributed by atoms with van der Waals surface area (Å²) in [5.41, 5.74) is 2.82. The molecule has 0 bridgehead atoms. The van der Waals surface area contributed by atoms with Crippen molar-refractivity contribution in [2.75, 3.05) is 19.8 Å². The number of carbonyl (C=O) groups is 2. The van der Waals surface area contributed by atoms with Crippen molar-refractivity contribution in [2.45, 2.75) is 45.7 Å². The fourth-order valence-corrected chi connectivity index (χ4v) is 3.73. The van der Waals surface area contributed by atoms with Crippen LogP contribution in [0.3, 0.4) is 0 Å². The molecule has 2 heterocycles. The van der Waals surface area contributed by atoms with E-state index < -0.39 is 5.91 Å². The summed E-state index contributed by atoms with van der Waals surface area (Å²) in [6, 6.07) is 5.01. The van der Waals surface area contributed by atoms with Crippen LogP contribution in [0, 0.1) is 11.8 Å². The standard InChI is InChI=1S/C20H28N2O5/c1-13(2)17-12-27-18-10-15(20(24)21-25)3-4-16(18)11-22(17)19(23)9-14-5-7-26-8-6-14/h3-4,10,13-14,17,25H,5-9,11-12H2,1-2H3,(H,21,24)/t17-/m1/s1. The predicted molar refractivity (Wildman–Crippen MR) is 98.5 cm³/mol. The Bertz CT molecular complexity index is 685. The van der Waals surface area contributed by atoms with Gasteiger partial charge in [-0.05, 0) is 36.8 Å². The Labute approximate surface area is 159 Å². The molecule has 2 amide bonds. The van der Waals surface area contributed by atoms with Gasteiger partial charge in [0, 0.05) is 37.3 Å². The number of amides is 2. The van der Waals surface area contributed by atoms with Crippen LogP contribution in [0.5, 0.6) is 5.75 Å². The SMILES string of the molecule is CC(C)[C@H]1COc2cc(C(=O)NO)ccc2CN1C(=O)CC1CCOCC1. The Hall–Kier alpha value is -2.12. The van der Waals surface area contributed by atoms with E-state index in [1.807, 2.05) is 4.90 Å². The smallest absolute Gasteiger partial charge is 0.274 e. The molecule has 0 aromatic heterocycles. The minimum Gasteiger partial charge on any atom is -0.491 e.